The van der Waals surface area contributed by atoms with E-state index < -0.39 is 5.72 Å². The normalized spacial score (nSPS) is 15.8. The first-order valence-corrected chi connectivity index (χ1v) is 3.26. The maximum absolute atomic E-state index is 9.13. The van der Waals surface area contributed by atoms with E-state index in [1.165, 1.54) is 0 Å². The highest BCUT2D eigenvalue weighted by atomic mass is 16.3. The van der Waals surface area contributed by atoms with Crippen LogP contribution in [0.2, 0.25) is 0 Å². The summed E-state index contributed by atoms with van der Waals surface area (Å²) in [6.07, 6.45) is 0. The van der Waals surface area contributed by atoms with Crippen molar-refractivity contribution in [1.82, 2.24) is 0 Å². The Bertz CT molecular complexity index is 97.8. The molecule has 1 unspecified atom stereocenters. The van der Waals surface area contributed by atoms with E-state index in [4.69, 9.17) is 20.7 Å². The van der Waals surface area contributed by atoms with E-state index in [1.54, 1.807) is 6.92 Å². The van der Waals surface area contributed by atoms with Gasteiger partial charge in [0.2, 0.25) is 0 Å². The second-order valence-electron chi connectivity index (χ2n) is 3.50. The molecule has 4 heteroatoms. The third-order valence-electron chi connectivity index (χ3n) is 1.52. The van der Waals surface area contributed by atoms with Gasteiger partial charge in [-0.2, -0.15) is 0 Å². The van der Waals surface area contributed by atoms with Gasteiger partial charge in [-0.05, 0) is 6.92 Å². The molecule has 0 aliphatic heterocycles. The Hall–Kier alpha value is -0.610. The van der Waals surface area contributed by atoms with E-state index in [2.05, 4.69) is 0 Å². The molecule has 0 aliphatic rings. The van der Waals surface area contributed by atoms with Crippen molar-refractivity contribution >= 4 is 6.47 Å². The van der Waals surface area contributed by atoms with Gasteiger partial charge in [-0.3, -0.25) is 4.79 Å². The largest absolute Gasteiger partial charge is 0.483 e. The molecule has 4 nitrogen and oxygen atoms in total. The lowest BCUT2D eigenvalue weighted by Crippen LogP contribution is -2.48. The van der Waals surface area contributed by atoms with Crippen molar-refractivity contribution < 1.29 is 15.0 Å². The topological polar surface area (TPSA) is 83.5 Å². The minimum atomic E-state index is -1.06. The van der Waals surface area contributed by atoms with Gasteiger partial charge in [-0.25, -0.2) is 0 Å². The summed E-state index contributed by atoms with van der Waals surface area (Å²) in [5.41, 5.74) is 4.08. The highest BCUT2D eigenvalue weighted by Gasteiger charge is 2.30. The average Bonchev–Trinajstić information content (AvgIpc) is 1.60. The summed E-state index contributed by atoms with van der Waals surface area (Å²) in [4.78, 5) is 8.36. The first-order valence-electron chi connectivity index (χ1n) is 3.26. The quantitative estimate of drug-likeness (QED) is 0.356. The van der Waals surface area contributed by atoms with Crippen molar-refractivity contribution in [3.63, 3.8) is 0 Å². The minimum Gasteiger partial charge on any atom is -0.483 e. The Labute approximate surface area is 67.0 Å². The maximum Gasteiger partial charge on any atom is 0.290 e. The van der Waals surface area contributed by atoms with Crippen molar-refractivity contribution in [2.45, 2.75) is 33.4 Å². The Kier molecular flexibility index (Phi) is 5.09. The fourth-order valence-electron chi connectivity index (χ4n) is 0. The molecule has 0 amide bonds. The van der Waals surface area contributed by atoms with Crippen LogP contribution in [0.1, 0.15) is 27.7 Å². The van der Waals surface area contributed by atoms with E-state index in [0.29, 0.717) is 0 Å². The van der Waals surface area contributed by atoms with E-state index in [-0.39, 0.29) is 11.9 Å². The molecule has 1 atom stereocenters. The van der Waals surface area contributed by atoms with Crippen LogP contribution >= 0.6 is 0 Å². The molecule has 0 fully saturated rings. The maximum atomic E-state index is 9.13. The summed E-state index contributed by atoms with van der Waals surface area (Å²) >= 11 is 0. The van der Waals surface area contributed by atoms with Crippen LogP contribution in [0.15, 0.2) is 0 Å². The van der Waals surface area contributed by atoms with Gasteiger partial charge in [0.05, 0.1) is 0 Å². The molecule has 0 radical (unpaired) electrons. The van der Waals surface area contributed by atoms with Crippen LogP contribution in [0.25, 0.3) is 0 Å². The number of rotatable bonds is 0. The average molecular weight is 163 g/mol. The molecule has 0 rings (SSSR count). The number of hydrogen-bond donors (Lipinski definition) is 3. The summed E-state index contributed by atoms with van der Waals surface area (Å²) in [5.74, 6) is 0. The monoisotopic (exact) mass is 163 g/mol. The second kappa shape index (κ2) is 4.31. The molecule has 0 saturated carbocycles. The Morgan fingerprint density at radius 1 is 1.27 bits per heavy atom. The van der Waals surface area contributed by atoms with Gasteiger partial charge >= 0.3 is 0 Å². The summed E-state index contributed by atoms with van der Waals surface area (Å²) in [6, 6.07) is 0. The lowest BCUT2D eigenvalue weighted by Gasteiger charge is -2.32. The zero-order valence-corrected chi connectivity index (χ0v) is 7.46. The zero-order valence-electron chi connectivity index (χ0n) is 7.46. The molecule has 0 heterocycles. The second-order valence-corrected chi connectivity index (χ2v) is 3.50. The summed E-state index contributed by atoms with van der Waals surface area (Å²) in [5, 5.41) is 16.0. The van der Waals surface area contributed by atoms with Crippen LogP contribution in [-0.2, 0) is 4.79 Å². The highest BCUT2D eigenvalue weighted by Crippen LogP contribution is 2.24. The molecule has 0 spiro atoms. The third kappa shape index (κ3) is 7.29. The molecular formula is C7H17NO3. The molecule has 11 heavy (non-hydrogen) atoms. The summed E-state index contributed by atoms with van der Waals surface area (Å²) < 4.78 is 0. The van der Waals surface area contributed by atoms with Crippen molar-refractivity contribution in [3.8, 4) is 0 Å². The van der Waals surface area contributed by atoms with Gasteiger partial charge < -0.3 is 15.9 Å². The summed E-state index contributed by atoms with van der Waals surface area (Å²) in [7, 11) is 0. The van der Waals surface area contributed by atoms with Gasteiger partial charge in [0.1, 0.15) is 5.72 Å². The predicted molar refractivity (Wildman–Crippen MR) is 43.0 cm³/mol. The standard InChI is InChI=1S/C6H15NO.CH2O2/c1-5(2,3)6(4,7)8;2-1-3/h8H,7H2,1-4H3;1H,(H,2,3). The van der Waals surface area contributed by atoms with Crippen molar-refractivity contribution in [1.29, 1.82) is 0 Å². The molecule has 0 bridgehead atoms. The Balaban J connectivity index is 0. The molecule has 68 valence electrons. The smallest absolute Gasteiger partial charge is 0.290 e. The first-order chi connectivity index (χ1) is 4.66. The molecule has 0 aromatic carbocycles. The number of carboxylic acid groups (broad SMARTS) is 1. The highest BCUT2D eigenvalue weighted by molar-refractivity contribution is 5.32. The molecular weight excluding hydrogens is 146 g/mol. The van der Waals surface area contributed by atoms with Gasteiger partial charge in [-0.1, -0.05) is 20.8 Å². The fourth-order valence-corrected chi connectivity index (χ4v) is 0. The number of carbonyl (C=O) groups is 1. The van der Waals surface area contributed by atoms with E-state index in [9.17, 15) is 0 Å². The number of hydrogen-bond acceptors (Lipinski definition) is 3. The fraction of sp³-hybridized carbons (Fsp3) is 0.857. The van der Waals surface area contributed by atoms with Gasteiger partial charge in [0.25, 0.3) is 6.47 Å². The number of aliphatic hydroxyl groups is 1. The molecule has 0 aromatic heterocycles. The SMILES string of the molecule is CC(C)(C)C(C)(N)O.O=CO. The van der Waals surface area contributed by atoms with Crippen molar-refractivity contribution in [2.75, 3.05) is 0 Å². The van der Waals surface area contributed by atoms with Crippen LogP contribution < -0.4 is 5.73 Å². The Morgan fingerprint density at radius 2 is 1.36 bits per heavy atom. The van der Waals surface area contributed by atoms with Crippen molar-refractivity contribution in [3.05, 3.63) is 0 Å². The minimum absolute atomic E-state index is 0.229. The lowest BCUT2D eigenvalue weighted by atomic mass is 9.85. The summed E-state index contributed by atoms with van der Waals surface area (Å²) in [6.45, 7) is 7.04. The van der Waals surface area contributed by atoms with E-state index in [0.717, 1.165) is 0 Å². The van der Waals surface area contributed by atoms with E-state index in [1.807, 2.05) is 20.8 Å². The van der Waals surface area contributed by atoms with Crippen LogP contribution in [-0.4, -0.2) is 22.4 Å². The van der Waals surface area contributed by atoms with E-state index >= 15 is 0 Å². The zero-order chi connectivity index (χ0) is 9.71. The molecule has 0 saturated heterocycles. The molecule has 0 aliphatic carbocycles. The predicted octanol–water partition coefficient (Wildman–Crippen LogP) is 0.400. The Morgan fingerprint density at radius 3 is 1.36 bits per heavy atom. The van der Waals surface area contributed by atoms with Crippen LogP contribution in [0.3, 0.4) is 0 Å². The number of nitrogens with two attached hydrogens (primary N) is 1. The van der Waals surface area contributed by atoms with Gasteiger partial charge in [0.15, 0.2) is 0 Å². The van der Waals surface area contributed by atoms with Crippen molar-refractivity contribution in [2.24, 2.45) is 11.1 Å². The van der Waals surface area contributed by atoms with Gasteiger partial charge in [0, 0.05) is 5.41 Å². The van der Waals surface area contributed by atoms with Crippen LogP contribution in [0.4, 0.5) is 0 Å². The first kappa shape index (κ1) is 13.0. The van der Waals surface area contributed by atoms with Gasteiger partial charge in [-0.15, -0.1) is 0 Å². The van der Waals surface area contributed by atoms with Crippen LogP contribution in [0.5, 0.6) is 0 Å². The lowest BCUT2D eigenvalue weighted by molar-refractivity contribution is -0.122. The molecule has 4 N–H and O–H groups in total. The van der Waals surface area contributed by atoms with Crippen LogP contribution in [0, 0.1) is 5.41 Å². The molecule has 0 aromatic rings. The third-order valence-corrected chi connectivity index (χ3v) is 1.52.